The molecule has 110 valence electrons. The van der Waals surface area contributed by atoms with Crippen molar-refractivity contribution < 1.29 is 9.53 Å². The molecular weight excluding hydrogens is 320 g/mol. The molecule has 3 N–H and O–H groups in total. The highest BCUT2D eigenvalue weighted by molar-refractivity contribution is 9.10. The Labute approximate surface area is 128 Å². The molecule has 1 aromatic rings. The summed E-state index contributed by atoms with van der Waals surface area (Å²) in [5, 5.41) is 2.98. The Morgan fingerprint density at radius 3 is 2.65 bits per heavy atom. The predicted octanol–water partition coefficient (Wildman–Crippen LogP) is 3.16. The number of carbonyl (C=O) groups excluding carboxylic acids is 1. The highest BCUT2D eigenvalue weighted by Gasteiger charge is 2.25. The van der Waals surface area contributed by atoms with Crippen LogP contribution in [-0.2, 0) is 4.79 Å². The van der Waals surface area contributed by atoms with Gasteiger partial charge in [0.25, 0.3) is 0 Å². The van der Waals surface area contributed by atoms with Crippen molar-refractivity contribution in [3.05, 3.63) is 22.7 Å². The number of nitrogens with one attached hydrogen (secondary N) is 1. The molecule has 1 fully saturated rings. The molecule has 1 amide bonds. The van der Waals surface area contributed by atoms with Crippen LogP contribution < -0.4 is 15.8 Å². The zero-order chi connectivity index (χ0) is 14.5. The number of carbonyl (C=O) groups is 1. The summed E-state index contributed by atoms with van der Waals surface area (Å²) in [7, 11) is 1.62. The van der Waals surface area contributed by atoms with Gasteiger partial charge < -0.3 is 15.8 Å². The average Bonchev–Trinajstić information content (AvgIpc) is 2.47. The largest absolute Gasteiger partial charge is 0.496 e. The Hall–Kier alpha value is -1.07. The maximum Gasteiger partial charge on any atom is 0.227 e. The van der Waals surface area contributed by atoms with Crippen LogP contribution >= 0.6 is 15.9 Å². The fourth-order valence-corrected chi connectivity index (χ4v) is 3.19. The number of benzene rings is 1. The van der Waals surface area contributed by atoms with Crippen LogP contribution in [0.2, 0.25) is 0 Å². The Morgan fingerprint density at radius 1 is 1.40 bits per heavy atom. The molecule has 20 heavy (non-hydrogen) atoms. The van der Waals surface area contributed by atoms with Crippen molar-refractivity contribution in [3.8, 4) is 5.75 Å². The zero-order valence-corrected chi connectivity index (χ0v) is 13.3. The lowest BCUT2D eigenvalue weighted by molar-refractivity contribution is -0.121. The summed E-state index contributed by atoms with van der Waals surface area (Å²) in [6, 6.07) is 5.56. The van der Waals surface area contributed by atoms with Gasteiger partial charge in [0, 0.05) is 11.6 Å². The molecule has 0 radical (unpaired) electrons. The molecule has 5 heteroatoms. The highest BCUT2D eigenvalue weighted by atomic mass is 79.9. The van der Waals surface area contributed by atoms with Crippen molar-refractivity contribution in [1.29, 1.82) is 0 Å². The van der Waals surface area contributed by atoms with Crippen molar-refractivity contribution in [3.63, 3.8) is 0 Å². The lowest BCUT2D eigenvalue weighted by Crippen LogP contribution is -2.29. The van der Waals surface area contributed by atoms with Gasteiger partial charge in [-0.1, -0.05) is 0 Å². The van der Waals surface area contributed by atoms with E-state index in [2.05, 4.69) is 21.2 Å². The van der Waals surface area contributed by atoms with E-state index in [0.717, 1.165) is 48.1 Å². The monoisotopic (exact) mass is 340 g/mol. The van der Waals surface area contributed by atoms with Crippen LogP contribution in [0.1, 0.15) is 25.7 Å². The van der Waals surface area contributed by atoms with Crippen molar-refractivity contribution in [2.24, 2.45) is 17.6 Å². The summed E-state index contributed by atoms with van der Waals surface area (Å²) in [6.45, 7) is 0.736. The van der Waals surface area contributed by atoms with E-state index in [1.165, 1.54) is 0 Å². The zero-order valence-electron chi connectivity index (χ0n) is 11.7. The number of ether oxygens (including phenoxy) is 1. The van der Waals surface area contributed by atoms with Gasteiger partial charge in [-0.3, -0.25) is 4.79 Å². The third-order valence-corrected chi connectivity index (χ3v) is 4.59. The Balaban J connectivity index is 1.93. The number of rotatable bonds is 4. The summed E-state index contributed by atoms with van der Waals surface area (Å²) in [5.41, 5.74) is 6.47. The van der Waals surface area contributed by atoms with Crippen LogP contribution in [0, 0.1) is 11.8 Å². The van der Waals surface area contributed by atoms with E-state index in [1.807, 2.05) is 18.2 Å². The molecule has 0 heterocycles. The topological polar surface area (TPSA) is 64.3 Å². The van der Waals surface area contributed by atoms with E-state index in [-0.39, 0.29) is 11.8 Å². The second-order valence-corrected chi connectivity index (χ2v) is 6.15. The van der Waals surface area contributed by atoms with Crippen LogP contribution in [0.15, 0.2) is 22.7 Å². The van der Waals surface area contributed by atoms with E-state index >= 15 is 0 Å². The van der Waals surface area contributed by atoms with Gasteiger partial charge in [0.15, 0.2) is 0 Å². The quantitative estimate of drug-likeness (QED) is 0.884. The van der Waals surface area contributed by atoms with E-state index in [1.54, 1.807) is 7.11 Å². The molecule has 1 aliphatic rings. The Morgan fingerprint density at radius 2 is 2.10 bits per heavy atom. The summed E-state index contributed by atoms with van der Waals surface area (Å²) < 4.78 is 6.01. The molecule has 0 unspecified atom stereocenters. The minimum atomic E-state index is 0.109. The number of halogens is 1. The van der Waals surface area contributed by atoms with Gasteiger partial charge in [0.1, 0.15) is 5.75 Å². The first-order chi connectivity index (χ1) is 9.63. The van der Waals surface area contributed by atoms with E-state index in [9.17, 15) is 4.79 Å². The van der Waals surface area contributed by atoms with Gasteiger partial charge in [-0.2, -0.15) is 0 Å². The molecule has 1 saturated carbocycles. The fourth-order valence-electron chi connectivity index (χ4n) is 2.65. The first kappa shape index (κ1) is 15.3. The molecule has 1 aromatic carbocycles. The minimum Gasteiger partial charge on any atom is -0.496 e. The summed E-state index contributed by atoms with van der Waals surface area (Å²) in [5.74, 6) is 1.57. The van der Waals surface area contributed by atoms with Gasteiger partial charge in [-0.05, 0) is 72.3 Å². The van der Waals surface area contributed by atoms with Crippen LogP contribution in [0.25, 0.3) is 0 Å². The maximum absolute atomic E-state index is 12.2. The average molecular weight is 341 g/mol. The number of amides is 1. The van der Waals surface area contributed by atoms with Crippen molar-refractivity contribution in [2.75, 3.05) is 19.0 Å². The van der Waals surface area contributed by atoms with E-state index in [0.29, 0.717) is 5.92 Å². The Bertz CT molecular complexity index is 471. The van der Waals surface area contributed by atoms with Crippen LogP contribution in [0.3, 0.4) is 0 Å². The number of hydrogen-bond donors (Lipinski definition) is 2. The SMILES string of the molecule is COc1ccc(NC(=O)C2CCC(CN)CC2)cc1Br. The Kier molecular flexibility index (Phi) is 5.43. The van der Waals surface area contributed by atoms with Crippen LogP contribution in [-0.4, -0.2) is 19.6 Å². The van der Waals surface area contributed by atoms with Gasteiger partial charge in [0.05, 0.1) is 11.6 Å². The number of methoxy groups -OCH3 is 1. The van der Waals surface area contributed by atoms with Crippen molar-refractivity contribution in [1.82, 2.24) is 0 Å². The van der Waals surface area contributed by atoms with E-state index < -0.39 is 0 Å². The van der Waals surface area contributed by atoms with Crippen molar-refractivity contribution in [2.45, 2.75) is 25.7 Å². The molecule has 0 aromatic heterocycles. The second kappa shape index (κ2) is 7.09. The summed E-state index contributed by atoms with van der Waals surface area (Å²) >= 11 is 3.42. The molecule has 0 aliphatic heterocycles. The molecule has 0 spiro atoms. The van der Waals surface area contributed by atoms with Crippen LogP contribution in [0.4, 0.5) is 5.69 Å². The van der Waals surface area contributed by atoms with Crippen LogP contribution in [0.5, 0.6) is 5.75 Å². The molecule has 2 rings (SSSR count). The highest BCUT2D eigenvalue weighted by Crippen LogP contribution is 2.31. The van der Waals surface area contributed by atoms with Gasteiger partial charge in [-0.15, -0.1) is 0 Å². The lowest BCUT2D eigenvalue weighted by atomic mass is 9.81. The molecule has 0 atom stereocenters. The predicted molar refractivity (Wildman–Crippen MR) is 83.8 cm³/mol. The molecule has 4 nitrogen and oxygen atoms in total. The molecule has 0 saturated heterocycles. The third-order valence-electron chi connectivity index (χ3n) is 3.97. The van der Waals surface area contributed by atoms with Gasteiger partial charge >= 0.3 is 0 Å². The molecule has 1 aliphatic carbocycles. The normalized spacial score (nSPS) is 22.4. The van der Waals surface area contributed by atoms with Gasteiger partial charge in [0.2, 0.25) is 5.91 Å². The van der Waals surface area contributed by atoms with Crippen molar-refractivity contribution >= 4 is 27.5 Å². The maximum atomic E-state index is 12.2. The van der Waals surface area contributed by atoms with E-state index in [4.69, 9.17) is 10.5 Å². The smallest absolute Gasteiger partial charge is 0.227 e. The molecule has 0 bridgehead atoms. The van der Waals surface area contributed by atoms with Gasteiger partial charge in [-0.25, -0.2) is 0 Å². The number of hydrogen-bond acceptors (Lipinski definition) is 3. The minimum absolute atomic E-state index is 0.109. The first-order valence-electron chi connectivity index (χ1n) is 6.98. The summed E-state index contributed by atoms with van der Waals surface area (Å²) in [6.07, 6.45) is 3.98. The molecular formula is C15H21BrN2O2. The summed E-state index contributed by atoms with van der Waals surface area (Å²) in [4.78, 5) is 12.2. The number of anilines is 1. The fraction of sp³-hybridized carbons (Fsp3) is 0.533. The number of nitrogens with two attached hydrogens (primary N) is 1. The third kappa shape index (κ3) is 3.73. The second-order valence-electron chi connectivity index (χ2n) is 5.29. The standard InChI is InChI=1S/C15H21BrN2O2/c1-20-14-7-6-12(8-13(14)16)18-15(19)11-4-2-10(9-17)3-5-11/h6-8,10-11H,2-5,9,17H2,1H3,(H,18,19). The lowest BCUT2D eigenvalue weighted by Gasteiger charge is -2.26. The first-order valence-corrected chi connectivity index (χ1v) is 7.77.